The molecule has 1 fully saturated rings. The largest absolute Gasteiger partial charge is 0.456 e. The van der Waals surface area contributed by atoms with E-state index in [0.717, 1.165) is 24.9 Å². The lowest BCUT2D eigenvalue weighted by Gasteiger charge is -2.41. The van der Waals surface area contributed by atoms with Crippen molar-refractivity contribution in [3.8, 4) is 0 Å². The second-order valence-electron chi connectivity index (χ2n) is 8.01. The molecule has 1 aromatic rings. The molecule has 0 N–H and O–H groups in total. The molecule has 0 aromatic heterocycles. The SMILES string of the molecule is CCS[C@H](C)CCCC1CC(=O)N1/C(C(=O)OCc1ccc([N+](=O)[O-])cc1)=C(\C)OS(C)(=O)=O. The zero-order valence-electron chi connectivity index (χ0n) is 19.7. The van der Waals surface area contributed by atoms with Gasteiger partial charge in [0, 0.05) is 29.8 Å². The number of non-ortho nitro benzene ring substituents is 1. The van der Waals surface area contributed by atoms with Crippen LogP contribution in [0.5, 0.6) is 0 Å². The highest BCUT2D eigenvalue weighted by Gasteiger charge is 2.42. The molecular weight excluding hydrogens is 484 g/mol. The van der Waals surface area contributed by atoms with E-state index in [1.165, 1.54) is 36.1 Å². The first kappa shape index (κ1) is 27.6. The fourth-order valence-electron chi connectivity index (χ4n) is 3.64. The average molecular weight is 515 g/mol. The van der Waals surface area contributed by atoms with Crippen LogP contribution in [0.25, 0.3) is 0 Å². The van der Waals surface area contributed by atoms with Crippen LogP contribution in [0, 0.1) is 10.1 Å². The summed E-state index contributed by atoms with van der Waals surface area (Å²) in [6.45, 7) is 5.32. The molecule has 0 spiro atoms. The van der Waals surface area contributed by atoms with Crippen molar-refractivity contribution in [3.05, 3.63) is 51.4 Å². The Hall–Kier alpha value is -2.60. The van der Waals surface area contributed by atoms with Gasteiger partial charge in [-0.15, -0.1) is 0 Å². The van der Waals surface area contributed by atoms with E-state index in [1.54, 1.807) is 0 Å². The van der Waals surface area contributed by atoms with Gasteiger partial charge in [-0.25, -0.2) is 4.79 Å². The maximum Gasteiger partial charge on any atom is 0.358 e. The molecule has 2 rings (SSSR count). The molecule has 1 aliphatic heterocycles. The van der Waals surface area contributed by atoms with Gasteiger partial charge >= 0.3 is 16.1 Å². The number of ether oxygens (including phenoxy) is 1. The normalized spacial score (nSPS) is 17.5. The van der Waals surface area contributed by atoms with Gasteiger partial charge in [-0.2, -0.15) is 20.2 Å². The van der Waals surface area contributed by atoms with Crippen molar-refractivity contribution in [1.82, 2.24) is 4.90 Å². The van der Waals surface area contributed by atoms with E-state index in [0.29, 0.717) is 17.2 Å². The molecular formula is C22H30N2O8S2. The summed E-state index contributed by atoms with van der Waals surface area (Å²) in [5.74, 6) is -0.457. The second kappa shape index (κ2) is 12.2. The van der Waals surface area contributed by atoms with E-state index in [1.807, 2.05) is 11.8 Å². The van der Waals surface area contributed by atoms with Gasteiger partial charge in [0.2, 0.25) is 5.91 Å². The summed E-state index contributed by atoms with van der Waals surface area (Å²) in [5, 5.41) is 11.3. The van der Waals surface area contributed by atoms with Gasteiger partial charge in [0.25, 0.3) is 5.69 Å². The first-order valence-corrected chi connectivity index (χ1v) is 13.7. The van der Waals surface area contributed by atoms with Crippen molar-refractivity contribution in [3.63, 3.8) is 0 Å². The molecule has 0 bridgehead atoms. The van der Waals surface area contributed by atoms with E-state index >= 15 is 0 Å². The van der Waals surface area contributed by atoms with Crippen LogP contribution in [-0.4, -0.2) is 53.4 Å². The first-order chi connectivity index (χ1) is 15.9. The number of carbonyl (C=O) groups is 2. The zero-order chi connectivity index (χ0) is 25.5. The number of carbonyl (C=O) groups excluding carboxylic acids is 2. The Kier molecular flexibility index (Phi) is 9.92. The molecule has 1 unspecified atom stereocenters. The topological polar surface area (TPSA) is 133 Å². The molecule has 1 amide bonds. The molecule has 0 saturated carbocycles. The van der Waals surface area contributed by atoms with Crippen LogP contribution in [0.3, 0.4) is 0 Å². The van der Waals surface area contributed by atoms with Gasteiger partial charge in [0.1, 0.15) is 12.4 Å². The third-order valence-electron chi connectivity index (χ3n) is 5.20. The van der Waals surface area contributed by atoms with Crippen LogP contribution in [0.15, 0.2) is 35.7 Å². The number of likely N-dealkylation sites (tertiary alicyclic amines) is 1. The highest BCUT2D eigenvalue weighted by Crippen LogP contribution is 2.32. The molecule has 0 radical (unpaired) electrons. The van der Waals surface area contributed by atoms with Crippen molar-refractivity contribution in [2.24, 2.45) is 0 Å². The Morgan fingerprint density at radius 1 is 1.32 bits per heavy atom. The van der Waals surface area contributed by atoms with Gasteiger partial charge < -0.3 is 8.92 Å². The van der Waals surface area contributed by atoms with Crippen LogP contribution in [0.2, 0.25) is 0 Å². The summed E-state index contributed by atoms with van der Waals surface area (Å²) in [6, 6.07) is 5.20. The van der Waals surface area contributed by atoms with Gasteiger partial charge in [0.15, 0.2) is 5.70 Å². The number of allylic oxidation sites excluding steroid dienone is 1. The fourth-order valence-corrected chi connectivity index (χ4v) is 5.07. The minimum absolute atomic E-state index is 0.103. The molecule has 1 aliphatic rings. The molecule has 0 aliphatic carbocycles. The van der Waals surface area contributed by atoms with Crippen LogP contribution in [-0.2, 0) is 35.2 Å². The van der Waals surface area contributed by atoms with Crippen molar-refractivity contribution in [1.29, 1.82) is 0 Å². The van der Waals surface area contributed by atoms with Crippen LogP contribution in [0.1, 0.15) is 52.0 Å². The first-order valence-electron chi connectivity index (χ1n) is 10.9. The van der Waals surface area contributed by atoms with Crippen molar-refractivity contribution in [2.45, 2.75) is 64.4 Å². The van der Waals surface area contributed by atoms with Crippen LogP contribution in [0.4, 0.5) is 5.69 Å². The van der Waals surface area contributed by atoms with Gasteiger partial charge in [-0.3, -0.25) is 19.8 Å². The zero-order valence-corrected chi connectivity index (χ0v) is 21.3. The molecule has 2 atom stereocenters. The number of nitro groups is 1. The number of thioether (sulfide) groups is 1. The highest BCUT2D eigenvalue weighted by molar-refractivity contribution is 7.99. The fraction of sp³-hybridized carbons (Fsp3) is 0.545. The molecule has 10 nitrogen and oxygen atoms in total. The Labute approximate surface area is 203 Å². The lowest BCUT2D eigenvalue weighted by Crippen LogP contribution is -2.53. The number of hydrogen-bond donors (Lipinski definition) is 0. The third kappa shape index (κ3) is 8.01. The van der Waals surface area contributed by atoms with Gasteiger partial charge in [-0.1, -0.05) is 20.3 Å². The maximum atomic E-state index is 13.0. The van der Waals surface area contributed by atoms with Crippen LogP contribution >= 0.6 is 11.8 Å². The summed E-state index contributed by atoms with van der Waals surface area (Å²) < 4.78 is 33.6. The maximum absolute atomic E-state index is 13.0. The number of nitrogens with zero attached hydrogens (tertiary/aromatic N) is 2. The molecule has 12 heteroatoms. The molecule has 188 valence electrons. The number of nitro benzene ring substituents is 1. The Morgan fingerprint density at radius 3 is 2.50 bits per heavy atom. The van der Waals surface area contributed by atoms with Crippen molar-refractivity contribution >= 4 is 39.4 Å². The summed E-state index contributed by atoms with van der Waals surface area (Å²) in [7, 11) is -3.94. The number of esters is 1. The number of hydrogen-bond acceptors (Lipinski definition) is 9. The quantitative estimate of drug-likeness (QED) is 0.0733. The minimum atomic E-state index is -3.94. The Bertz CT molecular complexity index is 1040. The smallest absolute Gasteiger partial charge is 0.358 e. The van der Waals surface area contributed by atoms with Gasteiger partial charge in [0.05, 0.1) is 11.2 Å². The summed E-state index contributed by atoms with van der Waals surface area (Å²) in [5.41, 5.74) is 0.146. The monoisotopic (exact) mass is 514 g/mol. The summed E-state index contributed by atoms with van der Waals surface area (Å²) in [6.07, 6.45) is 3.56. The Morgan fingerprint density at radius 2 is 1.97 bits per heavy atom. The van der Waals surface area contributed by atoms with Crippen molar-refractivity contribution in [2.75, 3.05) is 12.0 Å². The Balaban J connectivity index is 2.16. The predicted octanol–water partition coefficient (Wildman–Crippen LogP) is 3.76. The average Bonchev–Trinajstić information content (AvgIpc) is 2.74. The molecule has 1 aromatic carbocycles. The summed E-state index contributed by atoms with van der Waals surface area (Å²) in [4.78, 5) is 36.9. The van der Waals surface area contributed by atoms with E-state index in [2.05, 4.69) is 13.8 Å². The van der Waals surface area contributed by atoms with E-state index in [-0.39, 0.29) is 42.1 Å². The van der Waals surface area contributed by atoms with E-state index in [4.69, 9.17) is 8.92 Å². The highest BCUT2D eigenvalue weighted by atomic mass is 32.2. The minimum Gasteiger partial charge on any atom is -0.456 e. The molecule has 1 saturated heterocycles. The molecule has 1 heterocycles. The van der Waals surface area contributed by atoms with E-state index < -0.39 is 21.0 Å². The van der Waals surface area contributed by atoms with Gasteiger partial charge in [-0.05, 0) is 43.2 Å². The van der Waals surface area contributed by atoms with E-state index in [9.17, 15) is 28.1 Å². The predicted molar refractivity (Wildman–Crippen MR) is 128 cm³/mol. The standard InChI is InChI=1S/C22H30N2O8S2/c1-5-33-15(2)7-6-8-19-13-20(25)23(19)21(16(3)32-34(4,29)30)22(26)31-14-17-9-11-18(12-10-17)24(27)28/h9-12,15,19H,5-8,13-14H2,1-4H3/b21-16+/t15-,19?/m1/s1. The number of amides is 1. The van der Waals surface area contributed by atoms with Crippen molar-refractivity contribution < 1.29 is 31.9 Å². The number of β-lactam (4-membered cyclic amide) rings is 1. The molecule has 34 heavy (non-hydrogen) atoms. The third-order valence-corrected chi connectivity index (χ3v) is 6.90. The lowest BCUT2D eigenvalue weighted by molar-refractivity contribution is -0.384. The lowest BCUT2D eigenvalue weighted by atomic mass is 9.94. The van der Waals surface area contributed by atoms with Crippen LogP contribution < -0.4 is 0 Å². The number of benzene rings is 1. The summed E-state index contributed by atoms with van der Waals surface area (Å²) >= 11 is 1.85. The second-order valence-corrected chi connectivity index (χ2v) is 11.3. The number of rotatable bonds is 13.